The van der Waals surface area contributed by atoms with E-state index >= 15 is 0 Å². The van der Waals surface area contributed by atoms with Crippen LogP contribution in [0, 0.1) is 5.92 Å². The van der Waals surface area contributed by atoms with E-state index in [1.807, 2.05) is 6.07 Å². The number of nitrogens with one attached hydrogen (secondary N) is 2. The minimum absolute atomic E-state index is 0.0446. The third kappa shape index (κ3) is 5.34. The molecule has 2 fully saturated rings. The molecule has 0 radical (unpaired) electrons. The lowest BCUT2D eigenvalue weighted by atomic mass is 9.96. The molecule has 2 saturated heterocycles. The lowest BCUT2D eigenvalue weighted by Crippen LogP contribution is -2.49. The summed E-state index contributed by atoms with van der Waals surface area (Å²) in [5.74, 6) is -0.151. The highest BCUT2D eigenvalue weighted by molar-refractivity contribution is 7.13. The van der Waals surface area contributed by atoms with Gasteiger partial charge in [-0.15, -0.1) is 21.5 Å². The zero-order chi connectivity index (χ0) is 20.8. The SMILES string of the molecule is O=C(Nc1nncs1)C1CCN(C(=O)NCC(c2cccs2)N2CCOCC2)CC1. The molecule has 2 aromatic heterocycles. The van der Waals surface area contributed by atoms with E-state index in [4.69, 9.17) is 4.74 Å². The summed E-state index contributed by atoms with van der Waals surface area (Å²) < 4.78 is 5.48. The molecule has 4 heterocycles. The number of anilines is 1. The molecule has 4 rings (SSSR count). The second-order valence-corrected chi connectivity index (χ2v) is 9.17. The minimum atomic E-state index is -0.106. The number of hydrogen-bond donors (Lipinski definition) is 2. The van der Waals surface area contributed by atoms with Crippen molar-refractivity contribution >= 4 is 39.7 Å². The third-order valence-electron chi connectivity index (χ3n) is 5.55. The Morgan fingerprint density at radius 3 is 2.67 bits per heavy atom. The summed E-state index contributed by atoms with van der Waals surface area (Å²) in [5, 5.41) is 16.1. The highest BCUT2D eigenvalue weighted by Gasteiger charge is 2.29. The number of likely N-dealkylation sites (tertiary alicyclic amines) is 1. The molecule has 2 aliphatic rings. The lowest BCUT2D eigenvalue weighted by Gasteiger charge is -2.35. The molecular formula is C19H26N6O3S2. The van der Waals surface area contributed by atoms with Crippen molar-refractivity contribution in [1.82, 2.24) is 25.3 Å². The molecule has 0 aromatic carbocycles. The third-order valence-corrected chi connectivity index (χ3v) is 7.13. The first-order chi connectivity index (χ1) is 14.7. The molecule has 2 aromatic rings. The van der Waals surface area contributed by atoms with Gasteiger partial charge in [-0.1, -0.05) is 17.4 Å². The fraction of sp³-hybridized carbons (Fsp3) is 0.579. The van der Waals surface area contributed by atoms with Crippen LogP contribution in [0.3, 0.4) is 0 Å². The van der Waals surface area contributed by atoms with Gasteiger partial charge in [0, 0.05) is 43.5 Å². The van der Waals surface area contributed by atoms with Gasteiger partial charge in [0.2, 0.25) is 11.0 Å². The van der Waals surface area contributed by atoms with E-state index in [1.54, 1.807) is 21.7 Å². The molecule has 0 aliphatic carbocycles. The molecule has 9 nitrogen and oxygen atoms in total. The molecule has 0 saturated carbocycles. The Hall–Kier alpha value is -2.08. The number of ether oxygens (including phenoxy) is 1. The van der Waals surface area contributed by atoms with E-state index in [1.165, 1.54) is 16.2 Å². The maximum Gasteiger partial charge on any atom is 0.317 e. The predicted octanol–water partition coefficient (Wildman–Crippen LogP) is 2.03. The minimum Gasteiger partial charge on any atom is -0.379 e. The first kappa shape index (κ1) is 21.2. The second-order valence-electron chi connectivity index (χ2n) is 7.36. The number of urea groups is 1. The Balaban J connectivity index is 1.26. The van der Waals surface area contributed by atoms with Gasteiger partial charge in [-0.25, -0.2) is 4.79 Å². The summed E-state index contributed by atoms with van der Waals surface area (Å²) in [6.45, 7) is 4.89. The standard InChI is InChI=1S/C19H26N6O3S2/c26-17(22-18-23-21-13-30-18)14-3-5-25(6-4-14)19(27)20-12-15(16-2-1-11-29-16)24-7-9-28-10-8-24/h1-2,11,13-15H,3-10,12H2,(H,20,27)(H,22,23,26). The Bertz CT molecular complexity index is 802. The van der Waals surface area contributed by atoms with E-state index in [-0.39, 0.29) is 23.9 Å². The van der Waals surface area contributed by atoms with Crippen LogP contribution >= 0.6 is 22.7 Å². The topological polar surface area (TPSA) is 99.7 Å². The van der Waals surface area contributed by atoms with Gasteiger partial charge in [0.1, 0.15) is 5.51 Å². The average Bonchev–Trinajstić information content (AvgIpc) is 3.49. The predicted molar refractivity (Wildman–Crippen MR) is 116 cm³/mol. The van der Waals surface area contributed by atoms with Gasteiger partial charge < -0.3 is 20.3 Å². The van der Waals surface area contributed by atoms with E-state index in [0.29, 0.717) is 37.6 Å². The highest BCUT2D eigenvalue weighted by atomic mass is 32.1. The first-order valence-electron chi connectivity index (χ1n) is 10.2. The largest absolute Gasteiger partial charge is 0.379 e. The lowest BCUT2D eigenvalue weighted by molar-refractivity contribution is -0.121. The summed E-state index contributed by atoms with van der Waals surface area (Å²) in [6.07, 6.45) is 1.30. The van der Waals surface area contributed by atoms with E-state index in [0.717, 1.165) is 26.3 Å². The van der Waals surface area contributed by atoms with Gasteiger partial charge in [0.05, 0.1) is 19.3 Å². The number of carbonyl (C=O) groups is 2. The number of aromatic nitrogens is 2. The number of rotatable bonds is 6. The van der Waals surface area contributed by atoms with Gasteiger partial charge in [0.25, 0.3) is 0 Å². The molecule has 1 unspecified atom stereocenters. The van der Waals surface area contributed by atoms with Gasteiger partial charge in [0.15, 0.2) is 0 Å². The van der Waals surface area contributed by atoms with Crippen LogP contribution in [0.2, 0.25) is 0 Å². The zero-order valence-electron chi connectivity index (χ0n) is 16.7. The van der Waals surface area contributed by atoms with Crippen molar-refractivity contribution in [2.45, 2.75) is 18.9 Å². The number of nitrogens with zero attached hydrogens (tertiary/aromatic N) is 4. The van der Waals surface area contributed by atoms with Crippen molar-refractivity contribution in [2.75, 3.05) is 51.3 Å². The van der Waals surface area contributed by atoms with Crippen LogP contribution in [0.1, 0.15) is 23.8 Å². The summed E-state index contributed by atoms with van der Waals surface area (Å²) in [5.41, 5.74) is 1.59. The summed E-state index contributed by atoms with van der Waals surface area (Å²) in [7, 11) is 0. The zero-order valence-corrected chi connectivity index (χ0v) is 18.3. The molecule has 11 heteroatoms. The van der Waals surface area contributed by atoms with Crippen molar-refractivity contribution in [3.8, 4) is 0 Å². The molecule has 1 atom stereocenters. The van der Waals surface area contributed by atoms with Crippen LogP contribution in [0.5, 0.6) is 0 Å². The molecule has 0 bridgehead atoms. The number of morpholine rings is 1. The summed E-state index contributed by atoms with van der Waals surface area (Å²) >= 11 is 3.02. The van der Waals surface area contributed by atoms with Crippen LogP contribution in [0.4, 0.5) is 9.93 Å². The molecular weight excluding hydrogens is 424 g/mol. The van der Waals surface area contributed by atoms with Crippen molar-refractivity contribution in [3.05, 3.63) is 27.9 Å². The van der Waals surface area contributed by atoms with Crippen molar-refractivity contribution in [2.24, 2.45) is 5.92 Å². The summed E-state index contributed by atoms with van der Waals surface area (Å²) in [6, 6.07) is 4.27. The molecule has 162 valence electrons. The quantitative estimate of drug-likeness (QED) is 0.699. The average molecular weight is 451 g/mol. The fourth-order valence-corrected chi connectivity index (χ4v) is 5.16. The van der Waals surface area contributed by atoms with E-state index in [2.05, 4.69) is 37.2 Å². The number of piperidine rings is 1. The van der Waals surface area contributed by atoms with Crippen LogP contribution in [0.15, 0.2) is 23.0 Å². The monoisotopic (exact) mass is 450 g/mol. The van der Waals surface area contributed by atoms with Gasteiger partial charge in [-0.3, -0.25) is 9.69 Å². The molecule has 3 amide bonds. The number of carbonyl (C=O) groups excluding carboxylic acids is 2. The fourth-order valence-electron chi connectivity index (χ4n) is 3.86. The molecule has 30 heavy (non-hydrogen) atoms. The van der Waals surface area contributed by atoms with Gasteiger partial charge in [-0.2, -0.15) is 0 Å². The van der Waals surface area contributed by atoms with E-state index in [9.17, 15) is 9.59 Å². The van der Waals surface area contributed by atoms with Crippen LogP contribution in [-0.4, -0.2) is 77.9 Å². The maximum absolute atomic E-state index is 12.7. The Morgan fingerprint density at radius 1 is 1.20 bits per heavy atom. The Morgan fingerprint density at radius 2 is 2.00 bits per heavy atom. The van der Waals surface area contributed by atoms with E-state index < -0.39 is 0 Å². The van der Waals surface area contributed by atoms with Crippen LogP contribution in [0.25, 0.3) is 0 Å². The number of hydrogen-bond acceptors (Lipinski definition) is 8. The van der Waals surface area contributed by atoms with Crippen LogP contribution in [-0.2, 0) is 9.53 Å². The maximum atomic E-state index is 12.7. The van der Waals surface area contributed by atoms with Crippen molar-refractivity contribution in [3.63, 3.8) is 0 Å². The molecule has 2 N–H and O–H groups in total. The number of amides is 3. The highest BCUT2D eigenvalue weighted by Crippen LogP contribution is 2.26. The number of thiophene rings is 1. The molecule has 0 spiro atoms. The molecule has 2 aliphatic heterocycles. The normalized spacial score (nSPS) is 19.4. The second kappa shape index (κ2) is 10.3. The van der Waals surface area contributed by atoms with Crippen molar-refractivity contribution in [1.29, 1.82) is 0 Å². The smallest absolute Gasteiger partial charge is 0.317 e. The van der Waals surface area contributed by atoms with Crippen LogP contribution < -0.4 is 10.6 Å². The van der Waals surface area contributed by atoms with Gasteiger partial charge in [-0.05, 0) is 24.3 Å². The Labute approximate surface area is 183 Å². The first-order valence-corrected chi connectivity index (χ1v) is 11.9. The Kier molecular flexibility index (Phi) is 7.26. The van der Waals surface area contributed by atoms with Gasteiger partial charge >= 0.3 is 6.03 Å². The van der Waals surface area contributed by atoms with Crippen molar-refractivity contribution < 1.29 is 14.3 Å². The summed E-state index contributed by atoms with van der Waals surface area (Å²) in [4.78, 5) is 30.5.